The first-order chi connectivity index (χ1) is 9.08. The van der Waals surface area contributed by atoms with E-state index in [2.05, 4.69) is 4.98 Å². The Balaban J connectivity index is 2.08. The van der Waals surface area contributed by atoms with Crippen molar-refractivity contribution >= 4 is 17.3 Å². The fraction of sp³-hybridized carbons (Fsp3) is 0.143. The molecule has 0 aliphatic heterocycles. The number of aryl methyl sites for hydroxylation is 1. The van der Waals surface area contributed by atoms with Gasteiger partial charge >= 0.3 is 5.97 Å². The summed E-state index contributed by atoms with van der Waals surface area (Å²) in [6.07, 6.45) is 1.66. The van der Waals surface area contributed by atoms with Crippen LogP contribution in [0.3, 0.4) is 0 Å². The van der Waals surface area contributed by atoms with Crippen molar-refractivity contribution in [1.29, 1.82) is 0 Å². The van der Waals surface area contributed by atoms with Crippen molar-refractivity contribution in [3.8, 4) is 0 Å². The zero-order chi connectivity index (χ0) is 13.8. The van der Waals surface area contributed by atoms with Crippen LogP contribution in [0.25, 0.3) is 0 Å². The van der Waals surface area contributed by atoms with Gasteiger partial charge in [-0.25, -0.2) is 4.79 Å². The highest BCUT2D eigenvalue weighted by Crippen LogP contribution is 2.17. The highest BCUT2D eigenvalue weighted by atomic mass is 16.5. The lowest BCUT2D eigenvalue weighted by Crippen LogP contribution is -2.09. The Hall–Kier alpha value is -2.56. The summed E-state index contributed by atoms with van der Waals surface area (Å²) in [4.78, 5) is 16.0. The number of hydrogen-bond donors (Lipinski definition) is 2. The molecule has 0 aliphatic rings. The number of pyridine rings is 1. The van der Waals surface area contributed by atoms with Crippen LogP contribution in [0.1, 0.15) is 21.6 Å². The number of hydrogen-bond acceptors (Lipinski definition) is 5. The van der Waals surface area contributed by atoms with Gasteiger partial charge in [-0.1, -0.05) is 6.07 Å². The van der Waals surface area contributed by atoms with Crippen LogP contribution in [0.2, 0.25) is 0 Å². The summed E-state index contributed by atoms with van der Waals surface area (Å²) < 4.78 is 5.19. The predicted octanol–water partition coefficient (Wildman–Crippen LogP) is 1.91. The van der Waals surface area contributed by atoms with E-state index < -0.39 is 5.97 Å². The number of carbonyl (C=O) groups is 1. The number of rotatable bonds is 3. The molecule has 2 rings (SSSR count). The molecule has 5 nitrogen and oxygen atoms in total. The number of aromatic nitrogens is 1. The SMILES string of the molecule is Cc1cccnc1COC(=O)c1ccc(N)cc1N. The molecular formula is C14H15N3O2. The van der Waals surface area contributed by atoms with Gasteiger partial charge in [-0.3, -0.25) is 4.98 Å². The number of anilines is 2. The Labute approximate surface area is 111 Å². The monoisotopic (exact) mass is 257 g/mol. The van der Waals surface area contributed by atoms with Crippen molar-refractivity contribution < 1.29 is 9.53 Å². The van der Waals surface area contributed by atoms with E-state index in [0.29, 0.717) is 16.9 Å². The summed E-state index contributed by atoms with van der Waals surface area (Å²) in [7, 11) is 0. The van der Waals surface area contributed by atoms with Crippen molar-refractivity contribution in [3.05, 3.63) is 53.3 Å². The summed E-state index contributed by atoms with van der Waals surface area (Å²) >= 11 is 0. The van der Waals surface area contributed by atoms with Crippen LogP contribution in [-0.4, -0.2) is 11.0 Å². The minimum Gasteiger partial charge on any atom is -0.456 e. The molecule has 0 bridgehead atoms. The zero-order valence-electron chi connectivity index (χ0n) is 10.6. The van der Waals surface area contributed by atoms with E-state index in [1.807, 2.05) is 19.1 Å². The standard InChI is InChI=1S/C14H15N3O2/c1-9-3-2-6-17-13(9)8-19-14(18)11-5-4-10(15)7-12(11)16/h2-7H,8,15-16H2,1H3. The number of nitrogens with zero attached hydrogens (tertiary/aromatic N) is 1. The second-order valence-corrected chi connectivity index (χ2v) is 4.19. The molecule has 0 spiro atoms. The zero-order valence-corrected chi connectivity index (χ0v) is 10.6. The first kappa shape index (κ1) is 12.9. The Kier molecular flexibility index (Phi) is 3.66. The lowest BCUT2D eigenvalue weighted by atomic mass is 10.1. The first-order valence-electron chi connectivity index (χ1n) is 5.80. The third kappa shape index (κ3) is 3.01. The van der Waals surface area contributed by atoms with Crippen LogP contribution < -0.4 is 11.5 Å². The van der Waals surface area contributed by atoms with Gasteiger partial charge in [0.15, 0.2) is 0 Å². The normalized spacial score (nSPS) is 10.2. The fourth-order valence-corrected chi connectivity index (χ4v) is 1.65. The highest BCUT2D eigenvalue weighted by Gasteiger charge is 2.12. The molecule has 0 saturated carbocycles. The van der Waals surface area contributed by atoms with Gasteiger partial charge in [-0.05, 0) is 36.8 Å². The second kappa shape index (κ2) is 5.39. The van der Waals surface area contributed by atoms with Gasteiger partial charge in [0, 0.05) is 17.6 Å². The topological polar surface area (TPSA) is 91.2 Å². The van der Waals surface area contributed by atoms with Gasteiger partial charge < -0.3 is 16.2 Å². The van der Waals surface area contributed by atoms with Crippen molar-refractivity contribution in [2.24, 2.45) is 0 Å². The molecule has 1 heterocycles. The highest BCUT2D eigenvalue weighted by molar-refractivity contribution is 5.95. The van der Waals surface area contributed by atoms with E-state index in [-0.39, 0.29) is 6.61 Å². The summed E-state index contributed by atoms with van der Waals surface area (Å²) in [6, 6.07) is 8.44. The molecule has 19 heavy (non-hydrogen) atoms. The van der Waals surface area contributed by atoms with Crippen LogP contribution >= 0.6 is 0 Å². The predicted molar refractivity (Wildman–Crippen MR) is 73.4 cm³/mol. The number of benzene rings is 1. The Morgan fingerprint density at radius 3 is 2.79 bits per heavy atom. The number of nitrogens with two attached hydrogens (primary N) is 2. The molecule has 0 saturated heterocycles. The number of ether oxygens (including phenoxy) is 1. The van der Waals surface area contributed by atoms with Crippen molar-refractivity contribution in [1.82, 2.24) is 4.98 Å². The molecule has 0 atom stereocenters. The third-order valence-electron chi connectivity index (χ3n) is 2.75. The largest absolute Gasteiger partial charge is 0.456 e. The van der Waals surface area contributed by atoms with Crippen LogP contribution in [0, 0.1) is 6.92 Å². The smallest absolute Gasteiger partial charge is 0.340 e. The van der Waals surface area contributed by atoms with Crippen LogP contribution in [-0.2, 0) is 11.3 Å². The Morgan fingerprint density at radius 1 is 1.32 bits per heavy atom. The molecule has 0 fully saturated rings. The quantitative estimate of drug-likeness (QED) is 0.647. The van der Waals surface area contributed by atoms with E-state index in [1.165, 1.54) is 6.07 Å². The molecule has 1 aromatic carbocycles. The first-order valence-corrected chi connectivity index (χ1v) is 5.80. The van der Waals surface area contributed by atoms with Gasteiger partial charge in [-0.15, -0.1) is 0 Å². The van der Waals surface area contributed by atoms with E-state index in [9.17, 15) is 4.79 Å². The molecule has 5 heteroatoms. The van der Waals surface area contributed by atoms with Crippen molar-refractivity contribution in [2.45, 2.75) is 13.5 Å². The molecule has 1 aromatic heterocycles. The summed E-state index contributed by atoms with van der Waals surface area (Å²) in [5.74, 6) is -0.484. The van der Waals surface area contributed by atoms with Crippen molar-refractivity contribution in [3.63, 3.8) is 0 Å². The Bertz CT molecular complexity index is 611. The van der Waals surface area contributed by atoms with Crippen LogP contribution in [0.4, 0.5) is 11.4 Å². The maximum absolute atomic E-state index is 11.9. The maximum Gasteiger partial charge on any atom is 0.340 e. The summed E-state index contributed by atoms with van der Waals surface area (Å²) in [5.41, 5.74) is 14.1. The summed E-state index contributed by atoms with van der Waals surface area (Å²) in [6.45, 7) is 2.03. The lowest BCUT2D eigenvalue weighted by Gasteiger charge is -2.08. The van der Waals surface area contributed by atoms with E-state index in [0.717, 1.165) is 11.3 Å². The van der Waals surface area contributed by atoms with Crippen molar-refractivity contribution in [2.75, 3.05) is 11.5 Å². The van der Waals surface area contributed by atoms with Gasteiger partial charge in [0.05, 0.1) is 11.3 Å². The summed E-state index contributed by atoms with van der Waals surface area (Å²) in [5, 5.41) is 0. The molecule has 2 aromatic rings. The van der Waals surface area contributed by atoms with Crippen LogP contribution in [0.15, 0.2) is 36.5 Å². The molecule has 98 valence electrons. The molecule has 0 unspecified atom stereocenters. The molecule has 0 aliphatic carbocycles. The average Bonchev–Trinajstić information content (AvgIpc) is 2.37. The Morgan fingerprint density at radius 2 is 2.11 bits per heavy atom. The lowest BCUT2D eigenvalue weighted by molar-refractivity contribution is 0.0468. The molecule has 0 amide bonds. The molecular weight excluding hydrogens is 242 g/mol. The number of carbonyl (C=O) groups excluding carboxylic acids is 1. The minimum absolute atomic E-state index is 0.120. The molecule has 4 N–H and O–H groups in total. The average molecular weight is 257 g/mol. The van der Waals surface area contributed by atoms with E-state index >= 15 is 0 Å². The van der Waals surface area contributed by atoms with Gasteiger partial charge in [-0.2, -0.15) is 0 Å². The third-order valence-corrected chi connectivity index (χ3v) is 2.75. The second-order valence-electron chi connectivity index (χ2n) is 4.19. The van der Waals surface area contributed by atoms with E-state index in [4.69, 9.17) is 16.2 Å². The fourth-order valence-electron chi connectivity index (χ4n) is 1.65. The number of nitrogen functional groups attached to an aromatic ring is 2. The maximum atomic E-state index is 11.9. The van der Waals surface area contributed by atoms with Crippen LogP contribution in [0.5, 0.6) is 0 Å². The van der Waals surface area contributed by atoms with Gasteiger partial charge in [0.2, 0.25) is 0 Å². The number of esters is 1. The van der Waals surface area contributed by atoms with Gasteiger partial charge in [0.1, 0.15) is 6.61 Å². The molecule has 0 radical (unpaired) electrons. The minimum atomic E-state index is -0.484. The van der Waals surface area contributed by atoms with E-state index in [1.54, 1.807) is 18.3 Å². The van der Waals surface area contributed by atoms with Gasteiger partial charge in [0.25, 0.3) is 0 Å².